The van der Waals surface area contributed by atoms with Crippen LogP contribution in [0.1, 0.15) is 33.7 Å². The van der Waals surface area contributed by atoms with Gasteiger partial charge in [-0.1, -0.05) is 0 Å². The van der Waals surface area contributed by atoms with Gasteiger partial charge in [0.05, 0.1) is 22.7 Å². The van der Waals surface area contributed by atoms with E-state index in [1.165, 1.54) is 0 Å². The summed E-state index contributed by atoms with van der Waals surface area (Å²) in [6.45, 7) is 0. The van der Waals surface area contributed by atoms with Crippen molar-refractivity contribution in [3.8, 4) is 0 Å². The molecule has 1 aromatic rings. The molecule has 0 saturated heterocycles. The molecule has 1 amide bonds. The molecule has 0 saturated carbocycles. The summed E-state index contributed by atoms with van der Waals surface area (Å²) in [5.41, 5.74) is 0.639. The van der Waals surface area contributed by atoms with Crippen LogP contribution in [0.5, 0.6) is 0 Å². The van der Waals surface area contributed by atoms with Gasteiger partial charge in [0, 0.05) is 0 Å². The van der Waals surface area contributed by atoms with Crippen LogP contribution in [0.25, 0.3) is 0 Å². The maximum Gasteiger partial charge on any atom is 0.418 e. The number of aromatic nitrogens is 1. The third-order valence-corrected chi connectivity index (χ3v) is 2.29. The number of carbonyl (C=O) groups is 1. The predicted molar refractivity (Wildman–Crippen MR) is 52.3 cm³/mol. The van der Waals surface area contributed by atoms with Gasteiger partial charge in [-0.3, -0.25) is 4.79 Å². The lowest BCUT2D eigenvalue weighted by Gasteiger charge is -2.14. The lowest BCUT2D eigenvalue weighted by atomic mass is 10.1. The smallest absolute Gasteiger partial charge is 0.366 e. The van der Waals surface area contributed by atoms with Crippen LogP contribution in [0.2, 0.25) is 0 Å². The van der Waals surface area contributed by atoms with E-state index >= 15 is 0 Å². The van der Waals surface area contributed by atoms with Crippen molar-refractivity contribution in [1.29, 1.82) is 0 Å². The summed E-state index contributed by atoms with van der Waals surface area (Å²) in [6.07, 6.45) is -8.50. The molecule has 0 aliphatic rings. The number of nitrogens with two attached hydrogens (primary N) is 1. The highest BCUT2D eigenvalue weighted by atomic mass is 35.5. The Bertz CT molecular complexity index is 475. The number of pyridine rings is 1. The number of alkyl halides is 6. The quantitative estimate of drug-likeness (QED) is 0.687. The molecule has 0 radical (unpaired) electrons. The summed E-state index contributed by atoms with van der Waals surface area (Å²) in [5.74, 6) is -1.72. The number of primary amides is 1. The van der Waals surface area contributed by atoms with Crippen molar-refractivity contribution in [3.05, 3.63) is 28.6 Å². The van der Waals surface area contributed by atoms with Crippen LogP contribution in [-0.4, -0.2) is 10.9 Å². The highest BCUT2D eigenvalue weighted by Gasteiger charge is 2.38. The molecule has 1 aromatic heterocycles. The maximum atomic E-state index is 12.5. The number of carbonyl (C=O) groups excluding carboxylic acids is 1. The molecule has 0 bridgehead atoms. The number of hydrogen-bond acceptors (Lipinski definition) is 2. The van der Waals surface area contributed by atoms with E-state index in [2.05, 4.69) is 4.98 Å². The van der Waals surface area contributed by atoms with Crippen molar-refractivity contribution in [2.45, 2.75) is 18.5 Å². The number of halogens is 6. The first-order valence-electron chi connectivity index (χ1n) is 4.43. The van der Waals surface area contributed by atoms with E-state index in [1.54, 1.807) is 0 Å². The van der Waals surface area contributed by atoms with Crippen LogP contribution in [-0.2, 0) is 12.1 Å². The van der Waals surface area contributed by atoms with E-state index in [-0.39, 0.29) is 6.07 Å². The second kappa shape index (κ2) is 5.05. The number of rotatable bonds is 3. The summed E-state index contributed by atoms with van der Waals surface area (Å²) in [4.78, 5) is 14.0. The average Bonchev–Trinajstić information content (AvgIpc) is 2.25. The summed E-state index contributed by atoms with van der Waals surface area (Å²) in [7, 11) is 0. The third-order valence-electron chi connectivity index (χ3n) is 2.04. The first-order chi connectivity index (χ1) is 8.18. The Kier molecular flexibility index (Phi) is 4.10. The average molecular weight is 289 g/mol. The fourth-order valence-electron chi connectivity index (χ4n) is 1.28. The Morgan fingerprint density at radius 3 is 2.33 bits per heavy atom. The van der Waals surface area contributed by atoms with E-state index in [4.69, 9.17) is 17.3 Å². The summed E-state index contributed by atoms with van der Waals surface area (Å²) >= 11 is 5.32. The highest BCUT2D eigenvalue weighted by Crippen LogP contribution is 2.36. The first-order valence-corrected chi connectivity index (χ1v) is 4.96. The Balaban J connectivity index is 3.58. The second-order valence-corrected chi connectivity index (χ2v) is 3.48. The van der Waals surface area contributed by atoms with Crippen molar-refractivity contribution in [1.82, 2.24) is 4.98 Å². The van der Waals surface area contributed by atoms with Gasteiger partial charge in [-0.25, -0.2) is 13.8 Å². The molecule has 0 unspecified atom stereocenters. The second-order valence-electron chi connectivity index (χ2n) is 3.21. The molecule has 0 fully saturated rings. The molecule has 100 valence electrons. The minimum Gasteiger partial charge on any atom is -0.366 e. The van der Waals surface area contributed by atoms with Crippen LogP contribution in [0.4, 0.5) is 22.0 Å². The topological polar surface area (TPSA) is 56.0 Å². The molecule has 0 aromatic carbocycles. The number of hydrogen-bond donors (Lipinski definition) is 1. The molecule has 2 N–H and O–H groups in total. The van der Waals surface area contributed by atoms with Crippen molar-refractivity contribution >= 4 is 17.5 Å². The molecule has 0 aliphatic carbocycles. The van der Waals surface area contributed by atoms with Crippen molar-refractivity contribution in [2.75, 3.05) is 0 Å². The molecule has 0 aliphatic heterocycles. The van der Waals surface area contributed by atoms with Gasteiger partial charge < -0.3 is 5.73 Å². The van der Waals surface area contributed by atoms with E-state index in [1.807, 2.05) is 0 Å². The Labute approximate surface area is 103 Å². The summed E-state index contributed by atoms with van der Waals surface area (Å²) in [6, 6.07) is 0.245. The lowest BCUT2D eigenvalue weighted by Crippen LogP contribution is -2.20. The van der Waals surface area contributed by atoms with Gasteiger partial charge in [-0.05, 0) is 6.07 Å². The van der Waals surface area contributed by atoms with Gasteiger partial charge in [-0.15, -0.1) is 11.6 Å². The SMILES string of the molecule is NC(=O)c1cc(C(F)(F)F)c(C(F)F)nc1CCl. The van der Waals surface area contributed by atoms with Crippen molar-refractivity contribution < 1.29 is 26.7 Å². The standard InChI is InChI=1S/C9H6ClF5N2O/c10-2-5-3(8(16)18)1-4(9(13,14)15)6(17-5)7(11)12/h1,7H,2H2,(H2,16,18). The van der Waals surface area contributed by atoms with E-state index in [9.17, 15) is 26.7 Å². The van der Waals surface area contributed by atoms with Crippen LogP contribution >= 0.6 is 11.6 Å². The molecule has 0 spiro atoms. The minimum absolute atomic E-state index is 0.245. The fraction of sp³-hybridized carbons (Fsp3) is 0.333. The molecule has 1 heterocycles. The molecule has 3 nitrogen and oxygen atoms in total. The molecule has 0 atom stereocenters. The Hall–Kier alpha value is -1.44. The van der Waals surface area contributed by atoms with Gasteiger partial charge in [0.2, 0.25) is 0 Å². The lowest BCUT2D eigenvalue weighted by molar-refractivity contribution is -0.140. The van der Waals surface area contributed by atoms with E-state index in [0.29, 0.717) is 0 Å². The largest absolute Gasteiger partial charge is 0.418 e. The van der Waals surface area contributed by atoms with Gasteiger partial charge >= 0.3 is 6.18 Å². The Morgan fingerprint density at radius 1 is 1.44 bits per heavy atom. The zero-order valence-electron chi connectivity index (χ0n) is 8.56. The van der Waals surface area contributed by atoms with E-state index in [0.717, 1.165) is 0 Å². The Morgan fingerprint density at radius 2 is 2.00 bits per heavy atom. The molecule has 18 heavy (non-hydrogen) atoms. The molecular formula is C9H6ClF5N2O. The van der Waals surface area contributed by atoms with Crippen LogP contribution < -0.4 is 5.73 Å². The summed E-state index contributed by atoms with van der Waals surface area (Å²) in [5, 5.41) is 0. The van der Waals surface area contributed by atoms with Crippen LogP contribution in [0.3, 0.4) is 0 Å². The normalized spacial score (nSPS) is 11.9. The zero-order valence-corrected chi connectivity index (χ0v) is 9.32. The molecular weight excluding hydrogens is 283 g/mol. The van der Waals surface area contributed by atoms with Gasteiger partial charge in [-0.2, -0.15) is 13.2 Å². The zero-order chi connectivity index (χ0) is 14.1. The van der Waals surface area contributed by atoms with Gasteiger partial charge in [0.15, 0.2) is 0 Å². The van der Waals surface area contributed by atoms with Crippen LogP contribution in [0.15, 0.2) is 6.07 Å². The highest BCUT2D eigenvalue weighted by molar-refractivity contribution is 6.17. The number of amides is 1. The van der Waals surface area contributed by atoms with Crippen molar-refractivity contribution in [2.24, 2.45) is 5.73 Å². The minimum atomic E-state index is -5.06. The molecule has 1 rings (SSSR count). The molecule has 9 heteroatoms. The third kappa shape index (κ3) is 2.87. The van der Waals surface area contributed by atoms with E-state index < -0.39 is 46.9 Å². The summed E-state index contributed by atoms with van der Waals surface area (Å²) < 4.78 is 62.6. The predicted octanol–water partition coefficient (Wildman–Crippen LogP) is 2.88. The van der Waals surface area contributed by atoms with Crippen molar-refractivity contribution in [3.63, 3.8) is 0 Å². The first kappa shape index (κ1) is 14.6. The fourth-order valence-corrected chi connectivity index (χ4v) is 1.48. The number of nitrogens with zero attached hydrogens (tertiary/aromatic N) is 1. The van der Waals surface area contributed by atoms with Gasteiger partial charge in [0.25, 0.3) is 12.3 Å². The monoisotopic (exact) mass is 288 g/mol. The van der Waals surface area contributed by atoms with Crippen LogP contribution in [0, 0.1) is 0 Å². The van der Waals surface area contributed by atoms with Gasteiger partial charge in [0.1, 0.15) is 5.69 Å². The maximum absolute atomic E-state index is 12.5.